The van der Waals surface area contributed by atoms with E-state index in [1.807, 2.05) is 0 Å². The first-order chi connectivity index (χ1) is 14.9. The fraction of sp³-hybridized carbons (Fsp3) is 0.926. The van der Waals surface area contributed by atoms with Crippen LogP contribution in [0.3, 0.4) is 0 Å². The monoisotopic (exact) mass is 502 g/mol. The van der Waals surface area contributed by atoms with E-state index in [1.54, 1.807) is 0 Å². The highest BCUT2D eigenvalue weighted by Crippen LogP contribution is 2.68. The van der Waals surface area contributed by atoms with Crippen molar-refractivity contribution < 1.29 is 9.09 Å². The average molecular weight is 504 g/mol. The van der Waals surface area contributed by atoms with E-state index in [1.165, 1.54) is 56.9 Å². The molecule has 4 aliphatic rings. The molecule has 0 aromatic rings. The quantitative estimate of drug-likeness (QED) is 0.255. The Labute approximate surface area is 206 Å². The minimum absolute atomic E-state index is 0.0943. The maximum atomic E-state index is 11.8. The topological polar surface area (TPSA) is 26.3 Å². The molecule has 8 atom stereocenters. The molecule has 0 aromatic carbocycles. The number of fused-ring (bicyclic) bond motifs is 5. The predicted molar refractivity (Wildman–Crippen MR) is 137 cm³/mol. The van der Waals surface area contributed by atoms with Crippen molar-refractivity contribution in [1.82, 2.24) is 0 Å². The smallest absolute Gasteiger partial charge is 0.303 e. The highest BCUT2D eigenvalue weighted by atomic mass is 35.9. The Morgan fingerprint density at radius 2 is 1.81 bits per heavy atom. The number of hydrogen-bond donors (Lipinski definition) is 0. The first kappa shape index (κ1) is 25.6. The van der Waals surface area contributed by atoms with Gasteiger partial charge in [0, 0.05) is 0 Å². The van der Waals surface area contributed by atoms with Crippen LogP contribution in [0.1, 0.15) is 105 Å². The standard InChI is InChI=1S/C27H45Cl2O2P/c1-18(2)7-6-8-19(3)23-11-12-24-22-10-9-20-17-21(31-32(28,29)30)13-15-26(20,4)25(22)14-16-27(23,24)5/h9,18-19,21-25H,6-8,10-17H2,1-5H3/t19-,21?,22?,23-,24?,25?,26+,27-/m1/s1. The number of hydrogen-bond acceptors (Lipinski definition) is 2. The molecule has 0 aliphatic heterocycles. The van der Waals surface area contributed by atoms with Crippen LogP contribution < -0.4 is 0 Å². The molecule has 0 aromatic heterocycles. The molecule has 4 aliphatic carbocycles. The molecule has 184 valence electrons. The molecule has 0 radical (unpaired) electrons. The Morgan fingerprint density at radius 3 is 2.50 bits per heavy atom. The molecular weight excluding hydrogens is 458 g/mol. The van der Waals surface area contributed by atoms with Crippen molar-refractivity contribution in [2.45, 2.75) is 111 Å². The van der Waals surface area contributed by atoms with Crippen LogP contribution in [0.2, 0.25) is 0 Å². The Hall–Kier alpha value is 0.510. The van der Waals surface area contributed by atoms with Crippen molar-refractivity contribution in [1.29, 1.82) is 0 Å². The minimum Gasteiger partial charge on any atom is -0.303 e. The first-order valence-corrected chi connectivity index (χ1v) is 16.7. The fourth-order valence-electron chi connectivity index (χ4n) is 8.92. The number of allylic oxidation sites excluding steroid dienone is 1. The summed E-state index contributed by atoms with van der Waals surface area (Å²) in [4.78, 5) is 0. The molecule has 4 rings (SSSR count). The van der Waals surface area contributed by atoms with E-state index in [-0.39, 0.29) is 11.5 Å². The zero-order valence-electron chi connectivity index (χ0n) is 20.9. The van der Waals surface area contributed by atoms with Gasteiger partial charge in [0.1, 0.15) is 0 Å². The third-order valence-electron chi connectivity index (χ3n) is 10.5. The Kier molecular flexibility index (Phi) is 7.61. The number of rotatable bonds is 7. The Balaban J connectivity index is 1.46. The molecule has 32 heavy (non-hydrogen) atoms. The molecule has 0 spiro atoms. The zero-order chi connectivity index (χ0) is 23.3. The zero-order valence-corrected chi connectivity index (χ0v) is 23.3. The summed E-state index contributed by atoms with van der Waals surface area (Å²) in [6.45, 7) is 12.4. The van der Waals surface area contributed by atoms with Crippen molar-refractivity contribution in [3.05, 3.63) is 11.6 Å². The Bertz CT molecular complexity index is 761. The number of halogens is 2. The SMILES string of the molecule is CC(C)CCC[C@@H](C)[C@H]1CCC2C3CC=C4CC(OP(=O)(Cl)Cl)CC[C@]4(C)C3CC[C@@]21C. The average Bonchev–Trinajstić information content (AvgIpc) is 3.04. The van der Waals surface area contributed by atoms with Crippen molar-refractivity contribution >= 4 is 28.6 Å². The van der Waals surface area contributed by atoms with Gasteiger partial charge < -0.3 is 4.52 Å². The fourth-order valence-corrected chi connectivity index (χ4v) is 10.1. The van der Waals surface area contributed by atoms with Crippen LogP contribution in [0.25, 0.3) is 0 Å². The summed E-state index contributed by atoms with van der Waals surface area (Å²) in [7, 11) is 0. The molecule has 0 heterocycles. The van der Waals surface area contributed by atoms with Gasteiger partial charge in [-0.2, -0.15) is 0 Å². The van der Waals surface area contributed by atoms with Gasteiger partial charge in [0.15, 0.2) is 0 Å². The molecule has 0 amide bonds. The lowest BCUT2D eigenvalue weighted by Crippen LogP contribution is -2.50. The van der Waals surface area contributed by atoms with Gasteiger partial charge in [-0.1, -0.05) is 65.5 Å². The van der Waals surface area contributed by atoms with Crippen LogP contribution in [0.5, 0.6) is 0 Å². The third-order valence-corrected chi connectivity index (χ3v) is 11.6. The van der Waals surface area contributed by atoms with Crippen molar-refractivity contribution in [2.75, 3.05) is 0 Å². The molecule has 0 N–H and O–H groups in total. The van der Waals surface area contributed by atoms with Crippen LogP contribution in [-0.2, 0) is 9.09 Å². The second kappa shape index (κ2) is 9.52. The van der Waals surface area contributed by atoms with Gasteiger partial charge in [-0.3, -0.25) is 4.57 Å². The minimum atomic E-state index is -3.47. The maximum Gasteiger partial charge on any atom is 0.380 e. The third kappa shape index (κ3) is 4.92. The highest BCUT2D eigenvalue weighted by Gasteiger charge is 2.59. The summed E-state index contributed by atoms with van der Waals surface area (Å²) in [6, 6.07) is 0. The van der Waals surface area contributed by atoms with Gasteiger partial charge in [0.2, 0.25) is 0 Å². The second-order valence-electron chi connectivity index (χ2n) is 12.7. The highest BCUT2D eigenvalue weighted by molar-refractivity contribution is 8.05. The summed E-state index contributed by atoms with van der Waals surface area (Å²) >= 11 is 11.5. The van der Waals surface area contributed by atoms with Crippen molar-refractivity contribution in [2.24, 2.45) is 46.3 Å². The summed E-state index contributed by atoms with van der Waals surface area (Å²) in [5, 5.41) is 0. The molecule has 4 unspecified atom stereocenters. The van der Waals surface area contributed by atoms with E-state index >= 15 is 0 Å². The first-order valence-electron chi connectivity index (χ1n) is 13.3. The van der Waals surface area contributed by atoms with Crippen LogP contribution in [-0.4, -0.2) is 6.10 Å². The van der Waals surface area contributed by atoms with Crippen molar-refractivity contribution in [3.8, 4) is 0 Å². The van der Waals surface area contributed by atoms with Crippen LogP contribution in [0.15, 0.2) is 11.6 Å². The second-order valence-corrected chi connectivity index (χ2v) is 16.9. The lowest BCUT2D eigenvalue weighted by molar-refractivity contribution is -0.0556. The lowest BCUT2D eigenvalue weighted by atomic mass is 9.47. The lowest BCUT2D eigenvalue weighted by Gasteiger charge is -2.58. The summed E-state index contributed by atoms with van der Waals surface area (Å²) < 4.78 is 17.3. The van der Waals surface area contributed by atoms with Crippen LogP contribution in [0.4, 0.5) is 0 Å². The van der Waals surface area contributed by atoms with Crippen molar-refractivity contribution in [3.63, 3.8) is 0 Å². The van der Waals surface area contributed by atoms with Gasteiger partial charge in [-0.15, -0.1) is 0 Å². The maximum absolute atomic E-state index is 11.8. The molecule has 2 nitrogen and oxygen atoms in total. The summed E-state index contributed by atoms with van der Waals surface area (Å²) in [5.41, 5.74) is 2.33. The van der Waals surface area contributed by atoms with E-state index in [0.29, 0.717) is 5.41 Å². The van der Waals surface area contributed by atoms with E-state index < -0.39 is 6.07 Å². The van der Waals surface area contributed by atoms with Gasteiger partial charge in [-0.05, 0) is 120 Å². The van der Waals surface area contributed by atoms with E-state index in [4.69, 9.17) is 27.0 Å². The molecular formula is C27H45Cl2O2P. The molecule has 3 saturated carbocycles. The van der Waals surface area contributed by atoms with E-state index in [0.717, 1.165) is 54.8 Å². The van der Waals surface area contributed by atoms with Crippen LogP contribution in [0, 0.1) is 46.3 Å². The van der Waals surface area contributed by atoms with E-state index in [9.17, 15) is 4.57 Å². The largest absolute Gasteiger partial charge is 0.380 e. The normalized spacial score (nSPS) is 42.8. The molecule has 3 fully saturated rings. The van der Waals surface area contributed by atoms with E-state index in [2.05, 4.69) is 40.7 Å². The summed E-state index contributed by atoms with van der Waals surface area (Å²) in [6.07, 6.45) is 12.9. The molecule has 0 saturated heterocycles. The van der Waals surface area contributed by atoms with Gasteiger partial charge in [0.05, 0.1) is 6.10 Å². The molecule has 5 heteroatoms. The Morgan fingerprint density at radius 1 is 1.06 bits per heavy atom. The van der Waals surface area contributed by atoms with Gasteiger partial charge in [0.25, 0.3) is 0 Å². The van der Waals surface area contributed by atoms with Gasteiger partial charge in [-0.25, -0.2) is 0 Å². The predicted octanol–water partition coefficient (Wildman–Crippen LogP) is 10.00. The summed E-state index contributed by atoms with van der Waals surface area (Å²) in [5.74, 6) is 5.10. The molecule has 0 bridgehead atoms. The van der Waals surface area contributed by atoms with Gasteiger partial charge >= 0.3 is 6.07 Å². The van der Waals surface area contributed by atoms with Crippen LogP contribution >= 0.6 is 28.6 Å².